The van der Waals surface area contributed by atoms with Gasteiger partial charge in [0, 0.05) is 36.4 Å². The van der Waals surface area contributed by atoms with Gasteiger partial charge >= 0.3 is 6.18 Å². The normalized spacial score (nSPS) is 15.6. The van der Waals surface area contributed by atoms with E-state index in [2.05, 4.69) is 35.2 Å². The van der Waals surface area contributed by atoms with Crippen LogP contribution in [0.1, 0.15) is 6.92 Å². The molecule has 0 aliphatic carbocycles. The zero-order valence-electron chi connectivity index (χ0n) is 17.0. The number of hydrogen-bond donors (Lipinski definition) is 3. The molecular weight excluding hydrogens is 431 g/mol. The molecule has 1 aliphatic heterocycles. The van der Waals surface area contributed by atoms with Crippen LogP contribution in [0.15, 0.2) is 18.7 Å². The average molecular weight is 451 g/mol. The standard InChI is InChI=1S/C18H20F3N9O2/c1-10(15(31)24-8-18(19,20)21)26-16-27-14(12-7-23-13-11(12)6-22-9-25-13)28-17(29-16)30-2-4-32-5-3-30/h6-7,9-10H,2-5,8H2,1H3,(H,24,31)(H,22,23,25)(H,26,27,28,29)/t10-/m0/s1. The van der Waals surface area contributed by atoms with E-state index in [4.69, 9.17) is 4.74 Å². The van der Waals surface area contributed by atoms with Gasteiger partial charge in [-0.15, -0.1) is 0 Å². The van der Waals surface area contributed by atoms with E-state index in [1.807, 2.05) is 10.2 Å². The first-order valence-corrected chi connectivity index (χ1v) is 9.77. The second kappa shape index (κ2) is 8.90. The lowest BCUT2D eigenvalue weighted by atomic mass is 10.2. The number of H-pyrrole nitrogens is 1. The summed E-state index contributed by atoms with van der Waals surface area (Å²) >= 11 is 0. The van der Waals surface area contributed by atoms with Crippen molar-refractivity contribution in [1.29, 1.82) is 0 Å². The second-order valence-corrected chi connectivity index (χ2v) is 7.07. The fourth-order valence-electron chi connectivity index (χ4n) is 3.10. The molecule has 0 aromatic carbocycles. The van der Waals surface area contributed by atoms with Gasteiger partial charge in [-0.05, 0) is 6.92 Å². The van der Waals surface area contributed by atoms with Gasteiger partial charge in [0.1, 0.15) is 24.6 Å². The molecule has 0 radical (unpaired) electrons. The Balaban J connectivity index is 1.64. The lowest BCUT2D eigenvalue weighted by Gasteiger charge is -2.27. The number of halogens is 3. The van der Waals surface area contributed by atoms with E-state index in [9.17, 15) is 18.0 Å². The summed E-state index contributed by atoms with van der Waals surface area (Å²) in [6, 6.07) is -1.02. The van der Waals surface area contributed by atoms with E-state index in [1.54, 1.807) is 12.4 Å². The maximum Gasteiger partial charge on any atom is 0.405 e. The maximum atomic E-state index is 12.4. The number of ether oxygens (including phenoxy) is 1. The van der Waals surface area contributed by atoms with Crippen LogP contribution in [0, 0.1) is 0 Å². The van der Waals surface area contributed by atoms with Gasteiger partial charge in [-0.1, -0.05) is 0 Å². The monoisotopic (exact) mass is 451 g/mol. The number of anilines is 2. The largest absolute Gasteiger partial charge is 0.405 e. The van der Waals surface area contributed by atoms with E-state index in [1.165, 1.54) is 13.3 Å². The highest BCUT2D eigenvalue weighted by atomic mass is 19.4. The number of nitrogens with zero attached hydrogens (tertiary/aromatic N) is 6. The van der Waals surface area contributed by atoms with E-state index in [0.717, 1.165) is 0 Å². The van der Waals surface area contributed by atoms with Crippen LogP contribution in [-0.2, 0) is 9.53 Å². The van der Waals surface area contributed by atoms with Crippen LogP contribution < -0.4 is 15.5 Å². The molecule has 14 heteroatoms. The molecule has 11 nitrogen and oxygen atoms in total. The molecule has 0 unspecified atom stereocenters. The van der Waals surface area contributed by atoms with Crippen molar-refractivity contribution < 1.29 is 22.7 Å². The lowest BCUT2D eigenvalue weighted by molar-refractivity contribution is -0.138. The van der Waals surface area contributed by atoms with Crippen LogP contribution in [0.2, 0.25) is 0 Å². The Labute approximate surface area is 179 Å². The number of hydrogen-bond acceptors (Lipinski definition) is 9. The number of amides is 1. The third-order valence-electron chi connectivity index (χ3n) is 4.72. The fourth-order valence-corrected chi connectivity index (χ4v) is 3.10. The number of alkyl halides is 3. The van der Waals surface area contributed by atoms with E-state index < -0.39 is 24.7 Å². The Kier molecular flexibility index (Phi) is 6.03. The summed E-state index contributed by atoms with van der Waals surface area (Å²) < 4.78 is 42.6. The molecule has 3 N–H and O–H groups in total. The predicted octanol–water partition coefficient (Wildman–Crippen LogP) is 1.13. The van der Waals surface area contributed by atoms with Gasteiger partial charge in [0.15, 0.2) is 5.82 Å². The molecule has 1 aliphatic rings. The summed E-state index contributed by atoms with van der Waals surface area (Å²) in [7, 11) is 0. The zero-order valence-corrected chi connectivity index (χ0v) is 17.0. The van der Waals surface area contributed by atoms with E-state index >= 15 is 0 Å². The fraction of sp³-hybridized carbons (Fsp3) is 0.444. The van der Waals surface area contributed by atoms with Crippen molar-refractivity contribution in [3.8, 4) is 11.4 Å². The van der Waals surface area contributed by atoms with Crippen molar-refractivity contribution in [3.63, 3.8) is 0 Å². The zero-order chi connectivity index (χ0) is 22.7. The molecule has 32 heavy (non-hydrogen) atoms. The number of carbonyl (C=O) groups is 1. The van der Waals surface area contributed by atoms with Gasteiger partial charge in [-0.3, -0.25) is 4.79 Å². The first-order valence-electron chi connectivity index (χ1n) is 9.77. The quantitative estimate of drug-likeness (QED) is 0.504. The number of morpholine rings is 1. The Morgan fingerprint density at radius 1 is 1.28 bits per heavy atom. The minimum atomic E-state index is -4.50. The minimum Gasteiger partial charge on any atom is -0.378 e. The number of fused-ring (bicyclic) bond motifs is 1. The molecule has 3 aromatic heterocycles. The van der Waals surface area contributed by atoms with Gasteiger partial charge < -0.3 is 25.3 Å². The lowest BCUT2D eigenvalue weighted by Crippen LogP contribution is -2.42. The number of rotatable bonds is 6. The SMILES string of the molecule is C[C@H](Nc1nc(-c2c[nH]c3ncncc23)nc(N2CCOCC2)n1)C(=O)NCC(F)(F)F. The molecule has 0 spiro atoms. The summed E-state index contributed by atoms with van der Waals surface area (Å²) in [6.45, 7) is 2.11. The molecule has 1 saturated heterocycles. The van der Waals surface area contributed by atoms with Crippen LogP contribution in [0.5, 0.6) is 0 Å². The second-order valence-electron chi connectivity index (χ2n) is 7.07. The molecule has 4 heterocycles. The molecule has 1 amide bonds. The van der Waals surface area contributed by atoms with Gasteiger partial charge in [0.05, 0.1) is 13.2 Å². The number of aromatic nitrogens is 6. The number of nitrogens with one attached hydrogen (secondary N) is 3. The van der Waals surface area contributed by atoms with Crippen LogP contribution >= 0.6 is 0 Å². The molecule has 1 atom stereocenters. The first kappa shape index (κ1) is 21.7. The third-order valence-corrected chi connectivity index (χ3v) is 4.72. The first-order chi connectivity index (χ1) is 15.3. The minimum absolute atomic E-state index is 0.0531. The smallest absolute Gasteiger partial charge is 0.378 e. The Bertz CT molecular complexity index is 1100. The van der Waals surface area contributed by atoms with Gasteiger partial charge in [-0.2, -0.15) is 28.1 Å². The summed E-state index contributed by atoms with van der Waals surface area (Å²) in [4.78, 5) is 38.5. The van der Waals surface area contributed by atoms with Crippen molar-refractivity contribution in [2.75, 3.05) is 43.1 Å². The highest BCUT2D eigenvalue weighted by Gasteiger charge is 2.29. The van der Waals surface area contributed by atoms with Crippen molar-refractivity contribution in [2.45, 2.75) is 19.1 Å². The van der Waals surface area contributed by atoms with Gasteiger partial charge in [0.2, 0.25) is 17.8 Å². The number of carbonyl (C=O) groups excluding carboxylic acids is 1. The summed E-state index contributed by atoms with van der Waals surface area (Å²) in [5, 5.41) is 5.30. The third kappa shape index (κ3) is 5.01. The highest BCUT2D eigenvalue weighted by Crippen LogP contribution is 2.26. The van der Waals surface area contributed by atoms with Gasteiger partial charge in [-0.25, -0.2) is 9.97 Å². The Morgan fingerprint density at radius 2 is 2.06 bits per heavy atom. The summed E-state index contributed by atoms with van der Waals surface area (Å²) in [6.07, 6.45) is 0.202. The van der Waals surface area contributed by atoms with Crippen molar-refractivity contribution in [2.24, 2.45) is 0 Å². The molecule has 170 valence electrons. The molecule has 3 aromatic rings. The van der Waals surface area contributed by atoms with Gasteiger partial charge in [0.25, 0.3) is 0 Å². The predicted molar refractivity (Wildman–Crippen MR) is 108 cm³/mol. The Morgan fingerprint density at radius 3 is 2.81 bits per heavy atom. The molecule has 0 saturated carbocycles. The van der Waals surface area contributed by atoms with E-state index in [-0.39, 0.29) is 5.95 Å². The van der Waals surface area contributed by atoms with Crippen LogP contribution in [0.25, 0.3) is 22.4 Å². The molecule has 4 rings (SSSR count). The van der Waals surface area contributed by atoms with Crippen molar-refractivity contribution in [1.82, 2.24) is 35.2 Å². The van der Waals surface area contributed by atoms with E-state index in [0.29, 0.717) is 54.7 Å². The summed E-state index contributed by atoms with van der Waals surface area (Å²) in [5.41, 5.74) is 1.22. The molecular formula is C18H20F3N9O2. The van der Waals surface area contributed by atoms with Crippen molar-refractivity contribution >= 4 is 28.8 Å². The Hall–Kier alpha value is -3.55. The molecule has 0 bridgehead atoms. The van der Waals surface area contributed by atoms with Crippen LogP contribution in [0.4, 0.5) is 25.1 Å². The number of aromatic amines is 1. The van der Waals surface area contributed by atoms with Crippen LogP contribution in [0.3, 0.4) is 0 Å². The average Bonchev–Trinajstić information content (AvgIpc) is 3.21. The maximum absolute atomic E-state index is 12.4. The van der Waals surface area contributed by atoms with Crippen molar-refractivity contribution in [3.05, 3.63) is 18.7 Å². The highest BCUT2D eigenvalue weighted by molar-refractivity contribution is 5.91. The van der Waals surface area contributed by atoms with Crippen LogP contribution in [-0.4, -0.2) is 80.9 Å². The summed E-state index contributed by atoms with van der Waals surface area (Å²) in [5.74, 6) is -0.127. The topological polar surface area (TPSA) is 134 Å². The molecule has 1 fully saturated rings.